The summed E-state index contributed by atoms with van der Waals surface area (Å²) in [4.78, 5) is 4.61. The molecule has 1 heterocycles. The molecular weight excluding hydrogens is 338 g/mol. The van der Waals surface area contributed by atoms with E-state index in [9.17, 15) is 9.66 Å². The Hall–Kier alpha value is -1.27. The molecule has 1 atom stereocenters. The Kier molecular flexibility index (Phi) is 3.85. The maximum Gasteiger partial charge on any atom is 0.161 e. The minimum atomic E-state index is -1.22. The average Bonchev–Trinajstić information content (AvgIpc) is 2.91. The fraction of sp³-hybridized carbons (Fsp3) is 0.0667. The third-order valence-corrected chi connectivity index (χ3v) is 5.08. The molecule has 0 spiro atoms. The highest BCUT2D eigenvalue weighted by Gasteiger charge is 2.17. The highest BCUT2D eigenvalue weighted by Crippen LogP contribution is 2.31. The van der Waals surface area contributed by atoms with Gasteiger partial charge in [0.25, 0.3) is 0 Å². The molecule has 2 N–H and O–H groups in total. The Bertz CT molecular complexity index is 742. The molecule has 0 saturated carbocycles. The van der Waals surface area contributed by atoms with Crippen molar-refractivity contribution >= 4 is 38.0 Å². The van der Waals surface area contributed by atoms with Crippen LogP contribution < -0.4 is 0 Å². The van der Waals surface area contributed by atoms with Crippen LogP contribution in [0.2, 0.25) is 0 Å². The van der Waals surface area contributed by atoms with Crippen LogP contribution in [0.25, 0.3) is 10.9 Å². The number of aliphatic hydroxyl groups excluding tert-OH is 1. The molecule has 0 saturated heterocycles. The summed E-state index contributed by atoms with van der Waals surface area (Å²) in [6, 6.07) is 15.0. The first-order valence-electron chi connectivity index (χ1n) is 6.08. The Morgan fingerprint density at radius 1 is 1.10 bits per heavy atom. The smallest absolute Gasteiger partial charge is 0.161 e. The number of benzene rings is 2. The van der Waals surface area contributed by atoms with Gasteiger partial charge in [0.2, 0.25) is 0 Å². The third kappa shape index (κ3) is 2.50. The van der Waals surface area contributed by atoms with Gasteiger partial charge in [0.15, 0.2) is 9.79 Å². The van der Waals surface area contributed by atoms with Crippen molar-refractivity contribution in [1.82, 2.24) is 4.98 Å². The van der Waals surface area contributed by atoms with E-state index in [1.165, 1.54) is 0 Å². The summed E-state index contributed by atoms with van der Waals surface area (Å²) in [6.07, 6.45) is 0. The largest absolute Gasteiger partial charge is 0.606 e. The highest BCUT2D eigenvalue weighted by molar-refractivity contribution is 9.10. The van der Waals surface area contributed by atoms with Gasteiger partial charge in [0.05, 0.1) is 12.1 Å². The minimum absolute atomic E-state index is 0.0434. The van der Waals surface area contributed by atoms with Crippen molar-refractivity contribution in [3.05, 3.63) is 58.7 Å². The predicted molar refractivity (Wildman–Crippen MR) is 83.0 cm³/mol. The zero-order chi connectivity index (χ0) is 14.1. The second-order valence-electron chi connectivity index (χ2n) is 4.40. The molecule has 0 aliphatic heterocycles. The summed E-state index contributed by atoms with van der Waals surface area (Å²) in [5.41, 5.74) is 1.60. The van der Waals surface area contributed by atoms with Gasteiger partial charge in [-0.05, 0) is 34.1 Å². The number of hydrogen-bond acceptors (Lipinski definition) is 2. The van der Waals surface area contributed by atoms with Crippen LogP contribution in [0.3, 0.4) is 0 Å². The number of H-pyrrole nitrogens is 1. The first-order chi connectivity index (χ1) is 9.69. The van der Waals surface area contributed by atoms with Crippen molar-refractivity contribution in [3.63, 3.8) is 0 Å². The first-order valence-corrected chi connectivity index (χ1v) is 8.02. The van der Waals surface area contributed by atoms with E-state index in [0.717, 1.165) is 30.9 Å². The van der Waals surface area contributed by atoms with Gasteiger partial charge in [-0.3, -0.25) is 0 Å². The lowest BCUT2D eigenvalue weighted by Crippen LogP contribution is -2.01. The zero-order valence-electron chi connectivity index (χ0n) is 10.5. The van der Waals surface area contributed by atoms with Crippen LogP contribution in [-0.2, 0) is 17.8 Å². The first kappa shape index (κ1) is 13.7. The van der Waals surface area contributed by atoms with Gasteiger partial charge in [-0.15, -0.1) is 0 Å². The number of nitrogens with one attached hydrogen (secondary N) is 1. The van der Waals surface area contributed by atoms with Gasteiger partial charge >= 0.3 is 0 Å². The molecule has 3 rings (SSSR count). The number of fused-ring (bicyclic) bond motifs is 1. The summed E-state index contributed by atoms with van der Waals surface area (Å²) in [5.74, 6) is 0. The van der Waals surface area contributed by atoms with E-state index in [1.807, 2.05) is 48.5 Å². The molecule has 102 valence electrons. The Morgan fingerprint density at radius 2 is 1.85 bits per heavy atom. The van der Waals surface area contributed by atoms with Crippen LogP contribution >= 0.6 is 15.9 Å². The number of halogens is 1. The third-order valence-electron chi connectivity index (χ3n) is 3.06. The quantitative estimate of drug-likeness (QED) is 0.710. The zero-order valence-corrected chi connectivity index (χ0v) is 12.9. The number of hydrogen-bond donors (Lipinski definition) is 2. The molecule has 0 bridgehead atoms. The molecule has 2 aromatic carbocycles. The monoisotopic (exact) mass is 349 g/mol. The van der Waals surface area contributed by atoms with E-state index in [4.69, 9.17) is 0 Å². The van der Waals surface area contributed by atoms with E-state index >= 15 is 0 Å². The summed E-state index contributed by atoms with van der Waals surface area (Å²) in [7, 11) is 0. The fourth-order valence-electron chi connectivity index (χ4n) is 2.10. The van der Waals surface area contributed by atoms with Gasteiger partial charge < -0.3 is 14.6 Å². The normalized spacial score (nSPS) is 12.8. The lowest BCUT2D eigenvalue weighted by Gasteiger charge is -2.10. The summed E-state index contributed by atoms with van der Waals surface area (Å²) >= 11 is 2.28. The Balaban J connectivity index is 2.08. The van der Waals surface area contributed by atoms with E-state index in [-0.39, 0.29) is 6.61 Å². The van der Waals surface area contributed by atoms with Gasteiger partial charge in [-0.2, -0.15) is 0 Å². The molecule has 0 radical (unpaired) electrons. The van der Waals surface area contributed by atoms with Crippen molar-refractivity contribution < 1.29 is 9.66 Å². The molecule has 1 unspecified atom stereocenters. The second-order valence-corrected chi connectivity index (χ2v) is 6.74. The van der Waals surface area contributed by atoms with Crippen LogP contribution in [0.4, 0.5) is 0 Å². The molecule has 0 amide bonds. The van der Waals surface area contributed by atoms with Gasteiger partial charge in [-0.1, -0.05) is 18.2 Å². The molecular formula is C15H12BrNO2S. The van der Waals surface area contributed by atoms with Crippen molar-refractivity contribution in [2.75, 3.05) is 0 Å². The highest BCUT2D eigenvalue weighted by atomic mass is 79.9. The van der Waals surface area contributed by atoms with Crippen LogP contribution in [0.1, 0.15) is 5.69 Å². The van der Waals surface area contributed by atoms with Crippen molar-refractivity contribution in [3.8, 4) is 0 Å². The van der Waals surface area contributed by atoms with Crippen molar-refractivity contribution in [2.24, 2.45) is 0 Å². The molecule has 3 nitrogen and oxygen atoms in total. The average molecular weight is 350 g/mol. The molecule has 20 heavy (non-hydrogen) atoms. The Morgan fingerprint density at radius 3 is 2.55 bits per heavy atom. The van der Waals surface area contributed by atoms with E-state index in [0.29, 0.717) is 0 Å². The van der Waals surface area contributed by atoms with Gasteiger partial charge in [0.1, 0.15) is 0 Å². The van der Waals surface area contributed by atoms with Crippen LogP contribution in [0.5, 0.6) is 0 Å². The SMILES string of the molecule is [O-][S+](c1ccccc1)c1cc(Br)c2cc(CO)[nH]c2c1. The maximum absolute atomic E-state index is 12.5. The Labute approximate surface area is 128 Å². The second kappa shape index (κ2) is 5.61. The summed E-state index contributed by atoms with van der Waals surface area (Å²) in [5, 5.41) is 10.2. The lowest BCUT2D eigenvalue weighted by atomic mass is 10.2. The molecule has 0 fully saturated rings. The van der Waals surface area contributed by atoms with Crippen molar-refractivity contribution in [2.45, 2.75) is 16.4 Å². The summed E-state index contributed by atoms with van der Waals surface area (Å²) < 4.78 is 13.4. The number of aromatic nitrogens is 1. The standard InChI is InChI=1S/C15H12BrNO2S/c16-14-7-12(20(19)11-4-2-1-3-5-11)8-15-13(14)6-10(9-18)17-15/h1-8,17-18H,9H2. The van der Waals surface area contributed by atoms with Gasteiger partial charge in [0, 0.05) is 38.9 Å². The molecule has 1 aromatic heterocycles. The fourth-order valence-corrected chi connectivity index (χ4v) is 3.95. The van der Waals surface area contributed by atoms with E-state index in [1.54, 1.807) is 0 Å². The van der Waals surface area contributed by atoms with E-state index < -0.39 is 11.2 Å². The summed E-state index contributed by atoms with van der Waals surface area (Å²) in [6.45, 7) is -0.0434. The predicted octanol–water partition coefficient (Wildman–Crippen LogP) is 3.59. The molecule has 5 heteroatoms. The van der Waals surface area contributed by atoms with E-state index in [2.05, 4.69) is 20.9 Å². The number of aliphatic hydroxyl groups is 1. The topological polar surface area (TPSA) is 59.1 Å². The minimum Gasteiger partial charge on any atom is -0.606 e. The molecule has 3 aromatic rings. The lowest BCUT2D eigenvalue weighted by molar-refractivity contribution is 0.278. The van der Waals surface area contributed by atoms with Crippen molar-refractivity contribution in [1.29, 1.82) is 0 Å². The molecule has 0 aliphatic carbocycles. The van der Waals surface area contributed by atoms with Crippen LogP contribution in [-0.4, -0.2) is 14.6 Å². The maximum atomic E-state index is 12.5. The van der Waals surface area contributed by atoms with Crippen LogP contribution in [0.15, 0.2) is 62.8 Å². The molecule has 0 aliphatic rings. The van der Waals surface area contributed by atoms with Gasteiger partial charge in [-0.25, -0.2) is 0 Å². The number of rotatable bonds is 3. The number of aromatic amines is 1. The van der Waals surface area contributed by atoms with Crippen LogP contribution in [0, 0.1) is 0 Å².